The van der Waals surface area contributed by atoms with Crippen LogP contribution in [0.4, 0.5) is 4.79 Å². The molecule has 27 heavy (non-hydrogen) atoms. The molecule has 3 amide bonds. The first kappa shape index (κ1) is 18.7. The molecule has 0 aromatic heterocycles. The summed E-state index contributed by atoms with van der Waals surface area (Å²) in [4.78, 5) is 37.1. The Hall–Kier alpha value is -1.63. The maximum atomic E-state index is 12.9. The third kappa shape index (κ3) is 3.71. The Balaban J connectivity index is 1.32. The first-order valence-electron chi connectivity index (χ1n) is 10.3. The van der Waals surface area contributed by atoms with Crippen molar-refractivity contribution < 1.29 is 24.2 Å². The fourth-order valence-electron chi connectivity index (χ4n) is 6.30. The van der Waals surface area contributed by atoms with E-state index in [4.69, 9.17) is 4.74 Å². The predicted octanol–water partition coefficient (Wildman–Crippen LogP) is 2.02. The molecule has 4 bridgehead atoms. The molecule has 0 unspecified atom stereocenters. The summed E-state index contributed by atoms with van der Waals surface area (Å²) in [5.74, 6) is -0.272. The van der Waals surface area contributed by atoms with E-state index < -0.39 is 35.0 Å². The Morgan fingerprint density at radius 3 is 2.30 bits per heavy atom. The summed E-state index contributed by atoms with van der Waals surface area (Å²) in [5, 5.41) is 15.8. The van der Waals surface area contributed by atoms with E-state index in [1.165, 1.54) is 6.92 Å². The highest BCUT2D eigenvalue weighted by Crippen LogP contribution is 2.62. The molecule has 0 radical (unpaired) electrons. The van der Waals surface area contributed by atoms with Gasteiger partial charge in [0.1, 0.15) is 0 Å². The molecule has 0 aromatic rings. The van der Waals surface area contributed by atoms with E-state index in [0.29, 0.717) is 18.3 Å². The van der Waals surface area contributed by atoms with Gasteiger partial charge in [-0.2, -0.15) is 0 Å². The molecule has 0 saturated heterocycles. The van der Waals surface area contributed by atoms with Gasteiger partial charge in [0, 0.05) is 6.04 Å². The van der Waals surface area contributed by atoms with E-state index in [0.717, 1.165) is 57.8 Å². The molecule has 3 atom stereocenters. The number of esters is 1. The van der Waals surface area contributed by atoms with E-state index in [9.17, 15) is 19.5 Å². The van der Waals surface area contributed by atoms with Crippen LogP contribution in [0.5, 0.6) is 0 Å². The van der Waals surface area contributed by atoms with Gasteiger partial charge in [0.25, 0.3) is 5.91 Å². The third-order valence-corrected chi connectivity index (χ3v) is 7.04. The quantitative estimate of drug-likeness (QED) is 0.649. The molecule has 5 fully saturated rings. The number of nitrogens with one attached hydrogen (secondary N) is 2. The number of rotatable bonds is 4. The maximum Gasteiger partial charge on any atom is 0.321 e. The molecule has 7 heteroatoms. The van der Waals surface area contributed by atoms with Crippen LogP contribution < -0.4 is 10.6 Å². The van der Waals surface area contributed by atoms with Crippen molar-refractivity contribution in [2.75, 3.05) is 0 Å². The van der Waals surface area contributed by atoms with Crippen molar-refractivity contribution in [3.8, 4) is 0 Å². The van der Waals surface area contributed by atoms with Crippen LogP contribution in [0.2, 0.25) is 0 Å². The fraction of sp³-hybridized carbons (Fsp3) is 0.850. The van der Waals surface area contributed by atoms with Crippen molar-refractivity contribution in [2.24, 2.45) is 17.3 Å². The van der Waals surface area contributed by atoms with Crippen LogP contribution in [-0.2, 0) is 14.3 Å². The van der Waals surface area contributed by atoms with E-state index in [-0.39, 0.29) is 6.04 Å². The zero-order chi connectivity index (χ0) is 19.2. The average molecular weight is 378 g/mol. The summed E-state index contributed by atoms with van der Waals surface area (Å²) in [6.45, 7) is 1.49. The number of ether oxygens (including phenoxy) is 1. The van der Waals surface area contributed by atoms with Crippen LogP contribution >= 0.6 is 0 Å². The highest BCUT2D eigenvalue weighted by atomic mass is 16.5. The summed E-state index contributed by atoms with van der Waals surface area (Å²) in [6.07, 6.45) is 7.53. The monoisotopic (exact) mass is 378 g/mol. The lowest BCUT2D eigenvalue weighted by atomic mass is 9.48. The molecule has 5 aliphatic carbocycles. The molecule has 0 aromatic carbocycles. The molecular formula is C20H30N2O5. The van der Waals surface area contributed by atoms with Gasteiger partial charge in [0.05, 0.1) is 11.0 Å². The van der Waals surface area contributed by atoms with Crippen molar-refractivity contribution in [2.45, 2.75) is 88.9 Å². The number of hydrogen-bond donors (Lipinski definition) is 3. The number of urea groups is 1. The van der Waals surface area contributed by atoms with E-state index in [1.807, 2.05) is 0 Å². The third-order valence-electron chi connectivity index (χ3n) is 7.04. The predicted molar refractivity (Wildman–Crippen MR) is 96.5 cm³/mol. The lowest BCUT2D eigenvalue weighted by Gasteiger charge is -2.58. The zero-order valence-electron chi connectivity index (χ0n) is 16.0. The Bertz CT molecular complexity index is 628. The number of carbonyl (C=O) groups is 3. The van der Waals surface area contributed by atoms with Gasteiger partial charge in [-0.15, -0.1) is 0 Å². The minimum atomic E-state index is -1.03. The molecular weight excluding hydrogens is 348 g/mol. The van der Waals surface area contributed by atoms with Crippen LogP contribution in [-0.4, -0.2) is 40.8 Å². The van der Waals surface area contributed by atoms with Gasteiger partial charge >= 0.3 is 12.0 Å². The smallest absolute Gasteiger partial charge is 0.321 e. The second kappa shape index (κ2) is 6.76. The van der Waals surface area contributed by atoms with Crippen LogP contribution in [0.1, 0.15) is 71.1 Å². The van der Waals surface area contributed by atoms with Crippen LogP contribution in [0.15, 0.2) is 0 Å². The molecule has 0 aliphatic heterocycles. The Labute approximate surface area is 159 Å². The molecule has 3 N–H and O–H groups in total. The van der Waals surface area contributed by atoms with Gasteiger partial charge in [0.15, 0.2) is 6.10 Å². The van der Waals surface area contributed by atoms with Gasteiger partial charge in [0.2, 0.25) is 0 Å². The second-order valence-electron chi connectivity index (χ2n) is 9.46. The lowest BCUT2D eigenvalue weighted by molar-refractivity contribution is -0.199. The molecule has 5 aliphatic rings. The Morgan fingerprint density at radius 2 is 1.70 bits per heavy atom. The first-order valence-corrected chi connectivity index (χ1v) is 10.3. The van der Waals surface area contributed by atoms with E-state index >= 15 is 0 Å². The SMILES string of the molecule is C[C@H](OC(=O)C12C[C@@H]3C[C@H](CC(O)(C3)C1)C2)C(=O)NC(=O)NC1CCCC1. The van der Waals surface area contributed by atoms with Gasteiger partial charge < -0.3 is 15.2 Å². The van der Waals surface area contributed by atoms with Crippen LogP contribution in [0, 0.1) is 17.3 Å². The lowest BCUT2D eigenvalue weighted by Crippen LogP contribution is -2.59. The number of imide groups is 1. The first-order chi connectivity index (χ1) is 12.8. The van der Waals surface area contributed by atoms with Crippen molar-refractivity contribution >= 4 is 17.9 Å². The van der Waals surface area contributed by atoms with Crippen LogP contribution in [0.3, 0.4) is 0 Å². The maximum absolute atomic E-state index is 12.9. The largest absolute Gasteiger partial charge is 0.452 e. The van der Waals surface area contributed by atoms with Crippen molar-refractivity contribution in [3.05, 3.63) is 0 Å². The van der Waals surface area contributed by atoms with Gasteiger partial charge in [-0.25, -0.2) is 4.79 Å². The second-order valence-corrected chi connectivity index (χ2v) is 9.46. The summed E-state index contributed by atoms with van der Waals surface area (Å²) < 4.78 is 5.47. The molecule has 7 nitrogen and oxygen atoms in total. The van der Waals surface area contributed by atoms with E-state index in [1.54, 1.807) is 0 Å². The normalized spacial score (nSPS) is 38.4. The number of aliphatic hydroxyl groups is 1. The zero-order valence-corrected chi connectivity index (χ0v) is 16.0. The molecule has 0 heterocycles. The summed E-state index contributed by atoms with van der Waals surface area (Å²) in [6, 6.07) is -0.415. The number of amides is 3. The highest BCUT2D eigenvalue weighted by molar-refractivity contribution is 5.97. The van der Waals surface area contributed by atoms with Crippen LogP contribution in [0.25, 0.3) is 0 Å². The molecule has 5 saturated carbocycles. The fourth-order valence-corrected chi connectivity index (χ4v) is 6.30. The average Bonchev–Trinajstić information content (AvgIpc) is 3.05. The van der Waals surface area contributed by atoms with E-state index in [2.05, 4.69) is 10.6 Å². The van der Waals surface area contributed by atoms with Gasteiger partial charge in [-0.05, 0) is 70.1 Å². The Morgan fingerprint density at radius 1 is 1.07 bits per heavy atom. The summed E-state index contributed by atoms with van der Waals surface area (Å²) >= 11 is 0. The Kier molecular flexibility index (Phi) is 4.69. The van der Waals surface area contributed by atoms with Crippen molar-refractivity contribution in [1.29, 1.82) is 0 Å². The topological polar surface area (TPSA) is 105 Å². The number of carbonyl (C=O) groups excluding carboxylic acids is 3. The number of hydrogen-bond acceptors (Lipinski definition) is 5. The standard InChI is InChI=1S/C20H30N2O5/c1-12(16(23)22-18(25)21-15-4-2-3-5-15)27-17(24)19-7-13-6-14(8-19)10-20(26,9-13)11-19/h12-15,26H,2-11H2,1H3,(H2,21,22,23,25)/t12-,13-,14-,19?,20?/m0/s1. The minimum Gasteiger partial charge on any atom is -0.452 e. The minimum absolute atomic E-state index is 0.114. The molecule has 5 rings (SSSR count). The van der Waals surface area contributed by atoms with Crippen molar-refractivity contribution in [1.82, 2.24) is 10.6 Å². The van der Waals surface area contributed by atoms with Gasteiger partial charge in [-0.3, -0.25) is 14.9 Å². The summed E-state index contributed by atoms with van der Waals surface area (Å²) in [7, 11) is 0. The van der Waals surface area contributed by atoms with Gasteiger partial charge in [-0.1, -0.05) is 12.8 Å². The highest BCUT2D eigenvalue weighted by Gasteiger charge is 2.61. The molecule has 0 spiro atoms. The summed E-state index contributed by atoms with van der Waals surface area (Å²) in [5.41, 5.74) is -1.42. The van der Waals surface area contributed by atoms with Crippen molar-refractivity contribution in [3.63, 3.8) is 0 Å². The molecule has 150 valence electrons.